The van der Waals surface area contributed by atoms with Gasteiger partial charge in [-0.25, -0.2) is 0 Å². The van der Waals surface area contributed by atoms with Gasteiger partial charge < -0.3 is 19.3 Å². The second-order valence-electron chi connectivity index (χ2n) is 6.94. The summed E-state index contributed by atoms with van der Waals surface area (Å²) in [5.41, 5.74) is 1.03. The number of phenols is 1. The predicted molar refractivity (Wildman–Crippen MR) is 133 cm³/mol. The molecule has 0 aromatic heterocycles. The molecule has 0 saturated heterocycles. The second-order valence-corrected chi connectivity index (χ2v) is 8.65. The van der Waals surface area contributed by atoms with Crippen LogP contribution in [0.25, 0.3) is 0 Å². The van der Waals surface area contributed by atoms with Crippen LogP contribution in [0.4, 0.5) is 0 Å². The van der Waals surface area contributed by atoms with E-state index in [1.54, 1.807) is 19.2 Å². The largest absolute Gasteiger partial charge is 0.503 e. The third-order valence-corrected chi connectivity index (χ3v) is 5.73. The Hall–Kier alpha value is -2.06. The average molecular weight is 574 g/mol. The molecule has 176 valence electrons. The Morgan fingerprint density at radius 1 is 0.812 bits per heavy atom. The van der Waals surface area contributed by atoms with Crippen LogP contribution in [0.15, 0.2) is 33.2 Å². The van der Waals surface area contributed by atoms with Gasteiger partial charge in [0.15, 0.2) is 23.0 Å². The molecule has 2 rings (SSSR count). The van der Waals surface area contributed by atoms with E-state index in [2.05, 4.69) is 38.8 Å². The molecule has 0 radical (unpaired) electrons. The van der Waals surface area contributed by atoms with Crippen molar-refractivity contribution in [2.24, 2.45) is 0 Å². The summed E-state index contributed by atoms with van der Waals surface area (Å²) in [7, 11) is 3.00. The molecule has 1 N–H and O–H groups in total. The lowest BCUT2D eigenvalue weighted by Crippen LogP contribution is -2.01. The number of benzene rings is 2. The quantitative estimate of drug-likeness (QED) is 0.218. The van der Waals surface area contributed by atoms with Crippen LogP contribution in [0.1, 0.15) is 66.2 Å². The number of carbonyl (C=O) groups is 2. The van der Waals surface area contributed by atoms with Gasteiger partial charge in [0, 0.05) is 11.1 Å². The summed E-state index contributed by atoms with van der Waals surface area (Å²) >= 11 is 6.51. The van der Waals surface area contributed by atoms with Crippen LogP contribution in [-0.4, -0.2) is 38.5 Å². The molecular formula is C24H30Br2O6. The highest BCUT2D eigenvalue weighted by Crippen LogP contribution is 2.36. The van der Waals surface area contributed by atoms with Gasteiger partial charge in [0.05, 0.1) is 29.8 Å². The molecule has 8 heteroatoms. The number of ether oxygens (including phenoxy) is 3. The summed E-state index contributed by atoms with van der Waals surface area (Å²) in [6.07, 6.45) is 8.85. The Balaban J connectivity index is 0.000000363. The Morgan fingerprint density at radius 2 is 1.34 bits per heavy atom. The lowest BCUT2D eigenvalue weighted by molar-refractivity contribution is 0.111. The van der Waals surface area contributed by atoms with Crippen LogP contribution in [0.3, 0.4) is 0 Å². The monoisotopic (exact) mass is 572 g/mol. The Bertz CT molecular complexity index is 870. The summed E-state index contributed by atoms with van der Waals surface area (Å²) < 4.78 is 17.1. The number of unbranched alkanes of at least 4 members (excludes halogenated alkanes) is 5. The molecule has 0 spiro atoms. The molecule has 0 unspecified atom stereocenters. The molecule has 2 aromatic rings. The van der Waals surface area contributed by atoms with E-state index < -0.39 is 0 Å². The van der Waals surface area contributed by atoms with E-state index in [0.717, 1.165) is 17.2 Å². The molecule has 0 fully saturated rings. The summed E-state index contributed by atoms with van der Waals surface area (Å²) in [5.74, 6) is 1.55. The molecule has 0 bridgehead atoms. The van der Waals surface area contributed by atoms with Crippen LogP contribution < -0.4 is 14.2 Å². The maximum absolute atomic E-state index is 10.8. The van der Waals surface area contributed by atoms with Gasteiger partial charge in [-0.15, -0.1) is 0 Å². The van der Waals surface area contributed by atoms with Gasteiger partial charge in [-0.1, -0.05) is 39.0 Å². The standard InChI is InChI=1S/C16H23BrO3.C8H7BrO3/c1-3-4-5-6-7-8-9-20-16-14(17)10-13(12-18)11-15(16)19-2;1-12-7-3-5(4-10)2-6(9)8(7)11/h10-12H,3-9H2,1-2H3;2-4,11H,1H3. The van der Waals surface area contributed by atoms with Gasteiger partial charge in [-0.2, -0.15) is 0 Å². The van der Waals surface area contributed by atoms with Crippen molar-refractivity contribution in [3.8, 4) is 23.0 Å². The van der Waals surface area contributed by atoms with Gasteiger partial charge in [0.2, 0.25) is 0 Å². The van der Waals surface area contributed by atoms with E-state index in [0.29, 0.717) is 40.0 Å². The first kappa shape index (κ1) is 28.0. The minimum absolute atomic E-state index is 0.00287. The van der Waals surface area contributed by atoms with Crippen molar-refractivity contribution < 1.29 is 28.9 Å². The van der Waals surface area contributed by atoms with Gasteiger partial charge >= 0.3 is 0 Å². The van der Waals surface area contributed by atoms with Gasteiger partial charge in [0.25, 0.3) is 0 Å². The first-order chi connectivity index (χ1) is 15.4. The Kier molecular flexibility index (Phi) is 13.7. The molecular weight excluding hydrogens is 544 g/mol. The maximum atomic E-state index is 10.8. The summed E-state index contributed by atoms with van der Waals surface area (Å²) in [4.78, 5) is 21.2. The van der Waals surface area contributed by atoms with Crippen molar-refractivity contribution in [3.63, 3.8) is 0 Å². The number of phenolic OH excluding ortho intramolecular Hbond substituents is 1. The summed E-state index contributed by atoms with van der Waals surface area (Å²) in [5, 5.41) is 9.33. The lowest BCUT2D eigenvalue weighted by atomic mass is 10.1. The van der Waals surface area contributed by atoms with Crippen molar-refractivity contribution in [2.75, 3.05) is 20.8 Å². The minimum Gasteiger partial charge on any atom is -0.503 e. The van der Waals surface area contributed by atoms with Crippen molar-refractivity contribution in [1.82, 2.24) is 0 Å². The second kappa shape index (κ2) is 15.7. The molecule has 0 amide bonds. The zero-order chi connectivity index (χ0) is 23.9. The van der Waals surface area contributed by atoms with Crippen LogP contribution in [0, 0.1) is 0 Å². The van der Waals surface area contributed by atoms with Crippen LogP contribution in [0.5, 0.6) is 23.0 Å². The van der Waals surface area contributed by atoms with Gasteiger partial charge in [-0.3, -0.25) is 9.59 Å². The summed E-state index contributed by atoms with van der Waals surface area (Å²) in [6.45, 7) is 2.89. The van der Waals surface area contributed by atoms with Gasteiger partial charge in [0.1, 0.15) is 12.6 Å². The third kappa shape index (κ3) is 9.20. The third-order valence-electron chi connectivity index (χ3n) is 4.54. The Labute approximate surface area is 206 Å². The topological polar surface area (TPSA) is 82.1 Å². The first-order valence-corrected chi connectivity index (χ1v) is 12.0. The predicted octanol–water partition coefficient (Wildman–Crippen LogP) is 6.99. The SMILES string of the molecule is CCCCCCCCOc1c(Br)cc(C=O)cc1OC.COc1cc(C=O)cc(Br)c1O. The maximum Gasteiger partial charge on any atom is 0.175 e. The molecule has 6 nitrogen and oxygen atoms in total. The van der Waals surface area contributed by atoms with E-state index in [1.807, 2.05) is 0 Å². The minimum atomic E-state index is 0.00287. The number of rotatable bonds is 12. The van der Waals surface area contributed by atoms with E-state index in [-0.39, 0.29) is 11.5 Å². The number of hydrogen-bond donors (Lipinski definition) is 1. The van der Waals surface area contributed by atoms with Gasteiger partial charge in [-0.05, 0) is 62.5 Å². The molecule has 2 aromatic carbocycles. The number of carbonyl (C=O) groups excluding carboxylic acids is 2. The van der Waals surface area contributed by atoms with Crippen molar-refractivity contribution in [1.29, 1.82) is 0 Å². The summed E-state index contributed by atoms with van der Waals surface area (Å²) in [6, 6.07) is 6.42. The van der Waals surface area contributed by atoms with Crippen molar-refractivity contribution in [2.45, 2.75) is 45.4 Å². The molecule has 0 heterocycles. The van der Waals surface area contributed by atoms with E-state index >= 15 is 0 Å². The highest BCUT2D eigenvalue weighted by atomic mass is 79.9. The molecule has 0 aliphatic carbocycles. The molecule has 0 aliphatic heterocycles. The highest BCUT2D eigenvalue weighted by molar-refractivity contribution is 9.11. The first-order valence-electron chi connectivity index (χ1n) is 10.4. The van der Waals surface area contributed by atoms with Crippen LogP contribution in [-0.2, 0) is 0 Å². The van der Waals surface area contributed by atoms with Crippen LogP contribution >= 0.6 is 31.9 Å². The number of aldehydes is 2. The molecule has 32 heavy (non-hydrogen) atoms. The number of halogens is 2. The highest BCUT2D eigenvalue weighted by Gasteiger charge is 2.11. The normalized spacial score (nSPS) is 10.0. The van der Waals surface area contributed by atoms with E-state index in [1.165, 1.54) is 51.3 Å². The molecule has 0 saturated carbocycles. The van der Waals surface area contributed by atoms with Crippen molar-refractivity contribution in [3.05, 3.63) is 44.3 Å². The smallest absolute Gasteiger partial charge is 0.175 e. The number of aromatic hydroxyl groups is 1. The number of hydrogen-bond acceptors (Lipinski definition) is 6. The molecule has 0 atom stereocenters. The lowest BCUT2D eigenvalue weighted by Gasteiger charge is -2.13. The fourth-order valence-corrected chi connectivity index (χ4v) is 3.86. The number of methoxy groups -OCH3 is 2. The zero-order valence-electron chi connectivity index (χ0n) is 18.7. The fraction of sp³-hybridized carbons (Fsp3) is 0.417. The molecule has 0 aliphatic rings. The fourth-order valence-electron chi connectivity index (χ4n) is 2.82. The van der Waals surface area contributed by atoms with Crippen molar-refractivity contribution >= 4 is 44.4 Å². The van der Waals surface area contributed by atoms with E-state index in [9.17, 15) is 14.7 Å². The Morgan fingerprint density at radius 3 is 1.91 bits per heavy atom. The zero-order valence-corrected chi connectivity index (χ0v) is 21.8. The van der Waals surface area contributed by atoms with E-state index in [4.69, 9.17) is 14.2 Å². The van der Waals surface area contributed by atoms with Crippen LogP contribution in [0.2, 0.25) is 0 Å². The average Bonchev–Trinajstić information content (AvgIpc) is 2.80.